The lowest BCUT2D eigenvalue weighted by Gasteiger charge is -2.19. The molecular formula is C36H42N4O5. The molecule has 0 amide bonds. The second-order valence-electron chi connectivity index (χ2n) is 12.5. The summed E-state index contributed by atoms with van der Waals surface area (Å²) in [7, 11) is 2.69. The molecule has 45 heavy (non-hydrogen) atoms. The molecule has 0 aromatic carbocycles. The Labute approximate surface area is 263 Å². The number of esters is 2. The van der Waals surface area contributed by atoms with E-state index >= 15 is 0 Å². The number of nitrogens with zero attached hydrogens (tertiary/aromatic N) is 1. The number of nitrogens with one attached hydrogen (secondary N) is 3. The number of fused-ring (bicyclic) bond motifs is 7. The minimum Gasteiger partial charge on any atom is -0.469 e. The van der Waals surface area contributed by atoms with Gasteiger partial charge in [0.15, 0.2) is 5.78 Å². The second-order valence-corrected chi connectivity index (χ2v) is 12.5. The van der Waals surface area contributed by atoms with Crippen LogP contribution in [0.1, 0.15) is 74.2 Å². The largest absolute Gasteiger partial charge is 0.469 e. The minimum absolute atomic E-state index is 0.0418. The normalized spacial score (nSPS) is 23.4. The summed E-state index contributed by atoms with van der Waals surface area (Å²) < 4.78 is 10.2. The summed E-state index contributed by atoms with van der Waals surface area (Å²) in [6.45, 7) is 12.6. The van der Waals surface area contributed by atoms with Gasteiger partial charge < -0.3 is 24.8 Å². The smallest absolute Gasteiger partial charge is 0.321 e. The van der Waals surface area contributed by atoms with Crippen LogP contribution in [0, 0.1) is 31.6 Å². The molecule has 2 aromatic heterocycles. The SMILES string of the molecule is CCc1c2[nH]c(c1C)C=C1NC(=C3C4=NC(C=c5[nH]c(c(C)c5CC)=C2)C(C)=C4C(=O)C3C(=O)OC)C(CCC(=O)OC)C1C. The number of aliphatic imine (C=N–C) groups is 1. The number of Topliss-reactive ketones (excluding diaryl/α,β-unsaturated/α-hetero) is 1. The van der Waals surface area contributed by atoms with E-state index in [1.807, 2.05) is 6.92 Å². The Morgan fingerprint density at radius 1 is 0.933 bits per heavy atom. The molecule has 9 heteroatoms. The molecule has 1 saturated carbocycles. The van der Waals surface area contributed by atoms with E-state index in [0.29, 0.717) is 23.3 Å². The highest BCUT2D eigenvalue weighted by Crippen LogP contribution is 2.46. The standard InChI is InChI=1S/C36H42N4O5/c1-9-20-16(3)23-13-25-18(5)22(11-12-29(41)44-7)33(39-25)31-32(36(43)45-8)35(42)30-19(6)26(40-34(30)31)15-28-21(10-2)17(4)24(38-28)14-27(20)37-23/h13-15,18,22,26,32,37-39H,9-12H2,1-8H3. The van der Waals surface area contributed by atoms with Crippen LogP contribution in [-0.4, -0.2) is 53.7 Å². The van der Waals surface area contributed by atoms with E-state index in [1.54, 1.807) is 0 Å². The van der Waals surface area contributed by atoms with Gasteiger partial charge in [0.2, 0.25) is 0 Å². The molecule has 0 spiro atoms. The average molecular weight is 611 g/mol. The number of ketones is 1. The van der Waals surface area contributed by atoms with E-state index in [1.165, 1.54) is 36.5 Å². The van der Waals surface area contributed by atoms with Crippen molar-refractivity contribution in [1.29, 1.82) is 0 Å². The number of H-pyrrole nitrogens is 2. The maximum absolute atomic E-state index is 14.1. The number of aromatic nitrogens is 2. The van der Waals surface area contributed by atoms with Gasteiger partial charge in [0.25, 0.3) is 0 Å². The van der Waals surface area contributed by atoms with Crippen LogP contribution >= 0.6 is 0 Å². The fourth-order valence-electron chi connectivity index (χ4n) is 7.66. The van der Waals surface area contributed by atoms with Crippen molar-refractivity contribution in [2.75, 3.05) is 14.2 Å². The molecule has 0 radical (unpaired) electrons. The van der Waals surface area contributed by atoms with E-state index in [0.717, 1.165) is 51.9 Å². The summed E-state index contributed by atoms with van der Waals surface area (Å²) >= 11 is 0. The highest BCUT2D eigenvalue weighted by molar-refractivity contribution is 6.42. The lowest BCUT2D eigenvalue weighted by atomic mass is 9.85. The molecule has 4 atom stereocenters. The Balaban J connectivity index is 1.69. The Bertz CT molecular complexity index is 1900. The molecule has 8 bridgehead atoms. The van der Waals surface area contributed by atoms with Crippen molar-refractivity contribution in [2.45, 2.75) is 73.3 Å². The molecule has 4 aliphatic rings. The Kier molecular flexibility index (Phi) is 7.83. The molecule has 6 rings (SSSR count). The zero-order valence-electron chi connectivity index (χ0n) is 27.4. The van der Waals surface area contributed by atoms with Gasteiger partial charge in [0.1, 0.15) is 5.92 Å². The Morgan fingerprint density at radius 2 is 1.67 bits per heavy atom. The van der Waals surface area contributed by atoms with Crippen LogP contribution in [0.2, 0.25) is 0 Å². The summed E-state index contributed by atoms with van der Waals surface area (Å²) in [6, 6.07) is -0.370. The third-order valence-corrected chi connectivity index (χ3v) is 10.3. The maximum atomic E-state index is 14.1. The van der Waals surface area contributed by atoms with Crippen molar-refractivity contribution < 1.29 is 23.9 Å². The number of allylic oxidation sites excluding steroid dienone is 3. The molecule has 2 aromatic rings. The first-order chi connectivity index (χ1) is 21.5. The lowest BCUT2D eigenvalue weighted by Crippen LogP contribution is -2.27. The number of carbonyl (C=O) groups excluding carboxylic acids is 3. The quantitative estimate of drug-likeness (QED) is 0.339. The molecule has 1 aliphatic carbocycles. The van der Waals surface area contributed by atoms with Crippen LogP contribution in [0.3, 0.4) is 0 Å². The van der Waals surface area contributed by atoms with Gasteiger partial charge >= 0.3 is 11.9 Å². The number of hydrogen-bond donors (Lipinski definition) is 3. The van der Waals surface area contributed by atoms with Crippen LogP contribution in [-0.2, 0) is 36.7 Å². The van der Waals surface area contributed by atoms with Crippen LogP contribution in [0.15, 0.2) is 33.1 Å². The zero-order chi connectivity index (χ0) is 32.3. The van der Waals surface area contributed by atoms with Crippen molar-refractivity contribution in [3.8, 4) is 0 Å². The summed E-state index contributed by atoms with van der Waals surface area (Å²) in [5.41, 5.74) is 10.9. The van der Waals surface area contributed by atoms with Crippen molar-refractivity contribution in [3.05, 3.63) is 72.5 Å². The van der Waals surface area contributed by atoms with E-state index in [4.69, 9.17) is 14.5 Å². The van der Waals surface area contributed by atoms with Crippen LogP contribution in [0.25, 0.3) is 18.2 Å². The molecule has 9 nitrogen and oxygen atoms in total. The molecule has 2 fully saturated rings. The van der Waals surface area contributed by atoms with Gasteiger partial charge in [0.05, 0.1) is 26.0 Å². The molecule has 236 valence electrons. The minimum atomic E-state index is -1.13. The molecular weight excluding hydrogens is 568 g/mol. The molecule has 1 saturated heterocycles. The summed E-state index contributed by atoms with van der Waals surface area (Å²) in [4.78, 5) is 52.2. The molecule has 3 aliphatic heterocycles. The van der Waals surface area contributed by atoms with E-state index < -0.39 is 11.9 Å². The zero-order valence-corrected chi connectivity index (χ0v) is 27.4. The van der Waals surface area contributed by atoms with Crippen LogP contribution < -0.4 is 16.0 Å². The highest BCUT2D eigenvalue weighted by Gasteiger charge is 2.52. The lowest BCUT2D eigenvalue weighted by molar-refractivity contribution is -0.146. The van der Waals surface area contributed by atoms with E-state index in [2.05, 4.69) is 68.1 Å². The topological polar surface area (TPSA) is 126 Å². The summed E-state index contributed by atoms with van der Waals surface area (Å²) in [5, 5.41) is 5.67. The third kappa shape index (κ3) is 4.75. The molecule has 3 N–H and O–H groups in total. The van der Waals surface area contributed by atoms with Gasteiger partial charge in [-0.2, -0.15) is 0 Å². The van der Waals surface area contributed by atoms with Gasteiger partial charge in [-0.3, -0.25) is 19.4 Å². The van der Waals surface area contributed by atoms with Crippen LogP contribution in [0.5, 0.6) is 0 Å². The average Bonchev–Trinajstić information content (AvgIpc) is 3.76. The van der Waals surface area contributed by atoms with E-state index in [-0.39, 0.29) is 36.1 Å². The predicted octanol–water partition coefficient (Wildman–Crippen LogP) is 3.62. The van der Waals surface area contributed by atoms with Gasteiger partial charge in [-0.1, -0.05) is 20.8 Å². The van der Waals surface area contributed by atoms with Gasteiger partial charge in [-0.25, -0.2) is 0 Å². The first kappa shape index (κ1) is 30.6. The fourth-order valence-corrected chi connectivity index (χ4v) is 7.66. The van der Waals surface area contributed by atoms with Crippen molar-refractivity contribution in [1.82, 2.24) is 15.3 Å². The first-order valence-corrected chi connectivity index (χ1v) is 15.9. The Morgan fingerprint density at radius 3 is 2.33 bits per heavy atom. The fraction of sp³-hybridized carbons (Fsp3) is 0.444. The van der Waals surface area contributed by atoms with Crippen molar-refractivity contribution >= 4 is 41.7 Å². The second kappa shape index (κ2) is 11.5. The van der Waals surface area contributed by atoms with E-state index in [9.17, 15) is 14.4 Å². The van der Waals surface area contributed by atoms with Gasteiger partial charge in [0, 0.05) is 62.9 Å². The van der Waals surface area contributed by atoms with Gasteiger partial charge in [-0.15, -0.1) is 0 Å². The summed E-state index contributed by atoms with van der Waals surface area (Å²) in [5.74, 6) is -2.56. The third-order valence-electron chi connectivity index (χ3n) is 10.3. The highest BCUT2D eigenvalue weighted by atomic mass is 16.5. The Hall–Kier alpha value is -4.40. The maximum Gasteiger partial charge on any atom is 0.321 e. The number of aromatic amines is 2. The summed E-state index contributed by atoms with van der Waals surface area (Å²) in [6.07, 6.45) is 8.81. The number of hydrogen-bond acceptors (Lipinski definition) is 7. The number of rotatable bonds is 6. The predicted molar refractivity (Wildman–Crippen MR) is 174 cm³/mol. The number of methoxy groups -OCH3 is 2. The van der Waals surface area contributed by atoms with Crippen molar-refractivity contribution in [2.24, 2.45) is 22.7 Å². The monoisotopic (exact) mass is 610 g/mol. The molecule has 4 unspecified atom stereocenters. The van der Waals surface area contributed by atoms with Gasteiger partial charge in [-0.05, 0) is 86.1 Å². The number of ether oxygens (including phenoxy) is 2. The van der Waals surface area contributed by atoms with Crippen molar-refractivity contribution in [3.63, 3.8) is 0 Å². The molecule has 5 heterocycles. The number of carbonyl (C=O) groups is 3. The van der Waals surface area contributed by atoms with Crippen LogP contribution in [0.4, 0.5) is 0 Å². The first-order valence-electron chi connectivity index (χ1n) is 15.9.